The smallest absolute Gasteiger partial charge is 0.480 e. The van der Waals surface area contributed by atoms with Gasteiger partial charge in [-0.2, -0.15) is 21.8 Å². The number of hydrogen-bond acceptors (Lipinski definition) is 22. The fourth-order valence-corrected chi connectivity index (χ4v) is 9.01. The van der Waals surface area contributed by atoms with Crippen molar-refractivity contribution in [3.05, 3.63) is 144 Å². The van der Waals surface area contributed by atoms with Gasteiger partial charge < -0.3 is 80.4 Å². The number of thiocarbonyl (C=S) groups is 1. The van der Waals surface area contributed by atoms with Crippen LogP contribution in [0, 0.1) is 4.84 Å². The van der Waals surface area contributed by atoms with E-state index in [9.17, 15) is 33.2 Å². The average molecular weight is 1420 g/mol. The van der Waals surface area contributed by atoms with Crippen molar-refractivity contribution in [3.8, 4) is 0 Å². The first kappa shape index (κ1) is 81.1. The fourth-order valence-electron chi connectivity index (χ4n) is 6.03. The van der Waals surface area contributed by atoms with Crippen molar-refractivity contribution in [2.45, 2.75) is 93.7 Å². The molecular weight excluding hydrogens is 1360 g/mol. The van der Waals surface area contributed by atoms with Gasteiger partial charge in [0.15, 0.2) is 12.1 Å². The minimum Gasteiger partial charge on any atom is -0.480 e. The van der Waals surface area contributed by atoms with Gasteiger partial charge in [0, 0.05) is 90.6 Å². The number of thioether (sulfide) groups is 2. The van der Waals surface area contributed by atoms with E-state index >= 15 is 0 Å². The third-order valence-corrected chi connectivity index (χ3v) is 12.9. The number of anilines is 1. The Bertz CT molecular complexity index is 3420. The van der Waals surface area contributed by atoms with E-state index in [-0.39, 0.29) is 91.5 Å². The van der Waals surface area contributed by atoms with Gasteiger partial charge in [0.25, 0.3) is 26.9 Å². The summed E-state index contributed by atoms with van der Waals surface area (Å²) in [7, 11) is 6.36. The van der Waals surface area contributed by atoms with Crippen LogP contribution in [0.2, 0.25) is 5.35 Å². The molecule has 0 saturated carbocycles. The number of nitrogens with two attached hydrogens (primary N) is 2. The zero-order valence-corrected chi connectivity index (χ0v) is 58.2. The molecule has 11 N–H and O–H groups in total. The van der Waals surface area contributed by atoms with E-state index in [0.717, 1.165) is 5.52 Å². The van der Waals surface area contributed by atoms with Crippen LogP contribution in [-0.4, -0.2) is 126 Å². The largest absolute Gasteiger partial charge is 1.00 e. The number of aliphatic imine (C=N–C) groups is 2. The van der Waals surface area contributed by atoms with Gasteiger partial charge in [0.1, 0.15) is 17.1 Å². The molecule has 85 heavy (non-hydrogen) atoms. The Labute approximate surface area is 582 Å². The fraction of sp³-hybridized carbons (Fsp3) is 0.327. The number of nitrogens with zero attached hydrogens (tertiary/aromatic N) is 5. The molecule has 23 nitrogen and oxygen atoms in total. The number of aromatic nitrogens is 7. The Balaban J connectivity index is 0. The molecule has 0 aliphatic carbocycles. The Morgan fingerprint density at radius 1 is 0.847 bits per heavy atom. The molecule has 0 spiro atoms. The van der Waals surface area contributed by atoms with Crippen LogP contribution in [0.3, 0.4) is 0 Å². The quantitative estimate of drug-likeness (QED) is 0.0260. The predicted octanol–water partition coefficient (Wildman–Crippen LogP) is 6.35. The van der Waals surface area contributed by atoms with Gasteiger partial charge in [-0.05, 0) is 114 Å². The summed E-state index contributed by atoms with van der Waals surface area (Å²) in [4.78, 5) is 96.8. The first-order valence-corrected chi connectivity index (χ1v) is 29.6. The molecule has 2 aliphatic rings. The summed E-state index contributed by atoms with van der Waals surface area (Å²) in [5.74, 6) is -2.87. The number of carbonyl (C=O) groups is 3. The van der Waals surface area contributed by atoms with Crippen LogP contribution in [0.25, 0.3) is 22.5 Å². The van der Waals surface area contributed by atoms with E-state index in [1.165, 1.54) is 23.5 Å². The molecule has 2 aliphatic heterocycles. The van der Waals surface area contributed by atoms with Gasteiger partial charge in [0.2, 0.25) is 20.7 Å². The number of carboxylic acid groups (broad SMARTS) is 3. The van der Waals surface area contributed by atoms with Crippen molar-refractivity contribution in [2.24, 2.45) is 15.7 Å². The monoisotopic (exact) mass is 1420 g/mol. The molecule has 7 aromatic heterocycles. The number of alkyl halides is 1. The van der Waals surface area contributed by atoms with Crippen LogP contribution in [0.15, 0.2) is 125 Å². The first-order chi connectivity index (χ1) is 39.1. The topological polar surface area (TPSA) is 385 Å². The average Bonchev–Trinajstić information content (AvgIpc) is 4.28. The summed E-state index contributed by atoms with van der Waals surface area (Å²) in [6, 6.07) is 15.0. The zero-order valence-electron chi connectivity index (χ0n) is 47.2. The molecule has 0 amide bonds. The molecule has 460 valence electrons. The molecule has 9 heterocycles. The van der Waals surface area contributed by atoms with Crippen molar-refractivity contribution >= 4 is 188 Å². The molecule has 36 heteroatoms. The van der Waals surface area contributed by atoms with Crippen molar-refractivity contribution in [3.63, 3.8) is 0 Å². The van der Waals surface area contributed by atoms with Gasteiger partial charge in [-0.15, -0.1) is 35.9 Å². The number of nitrogen functional groups attached to an aromatic ring is 1. The molecule has 9 rings (SSSR count). The van der Waals surface area contributed by atoms with Gasteiger partial charge >= 0.3 is 69.3 Å². The summed E-state index contributed by atoms with van der Waals surface area (Å²) in [6.45, 7) is 12.4. The van der Waals surface area contributed by atoms with E-state index in [2.05, 4.69) is 104 Å². The van der Waals surface area contributed by atoms with E-state index in [1.54, 1.807) is 100 Å². The number of aromatic amines is 4. The Morgan fingerprint density at radius 2 is 1.25 bits per heavy atom. The molecule has 0 radical (unpaired) electrons. The van der Waals surface area contributed by atoms with Crippen LogP contribution in [0.4, 0.5) is 10.1 Å². The second kappa shape index (κ2) is 41.3. The number of pyridine rings is 5. The minimum absolute atomic E-state index is 0. The molecule has 3 atom stereocenters. The number of thiol groups is 1. The number of halogens is 5. The van der Waals surface area contributed by atoms with Gasteiger partial charge in [-0.3, -0.25) is 33.6 Å². The molecule has 0 aromatic carbocycles. The van der Waals surface area contributed by atoms with Crippen molar-refractivity contribution in [1.29, 1.82) is 0 Å². The number of H-pyrrole nitrogens is 4. The predicted molar refractivity (Wildman–Crippen MR) is 349 cm³/mol. The number of nitrogens with one attached hydrogen (secondary N) is 4. The zero-order chi connectivity index (χ0) is 64.1. The Kier molecular flexibility index (Phi) is 39.4. The third-order valence-electron chi connectivity index (χ3n) is 9.79. The summed E-state index contributed by atoms with van der Waals surface area (Å²) in [5.41, 5.74) is 13.9. The molecule has 0 saturated heterocycles. The van der Waals surface area contributed by atoms with Crippen LogP contribution in [-0.2, 0) is 49.1 Å². The maximum Gasteiger partial charge on any atom is 1.00 e. The molecule has 7 aromatic rings. The van der Waals surface area contributed by atoms with E-state index < -0.39 is 66.7 Å². The second-order valence-electron chi connectivity index (χ2n) is 17.6. The van der Waals surface area contributed by atoms with E-state index in [4.69, 9.17) is 65.0 Å². The molecule has 0 bridgehead atoms. The number of aliphatic carboxylic acids is 3. The van der Waals surface area contributed by atoms with E-state index in [1.807, 2.05) is 39.8 Å². The van der Waals surface area contributed by atoms with E-state index in [0.29, 0.717) is 60.0 Å². The summed E-state index contributed by atoms with van der Waals surface area (Å²) < 4.78 is 33.5. The van der Waals surface area contributed by atoms with Crippen LogP contribution < -0.4 is 79.5 Å². The van der Waals surface area contributed by atoms with Gasteiger partial charge in [0.05, 0.1) is 24.3 Å². The van der Waals surface area contributed by atoms with Crippen LogP contribution in [0.5, 0.6) is 0 Å². The summed E-state index contributed by atoms with van der Waals surface area (Å²) >= 11 is 25.8. The minimum atomic E-state index is -1.67. The van der Waals surface area contributed by atoms with Crippen LogP contribution >= 0.6 is 106 Å². The SMILES string of the molecule is CC(=S)[S-].CC(C)(S)C(N)C(=O)O.CC1(C)SC(Cc2ccc[nH]c2=O)=NC1C(=O)O.CC1(C)SC(Cc2ccc[nH]c2=O)=NC1C(=O)O.Cl.Clc1nc2cccnc2o1.Nc1ccc[nH]c1=O.O=S(Cl)Cl.S=c1[nH]c2cccnc2o1.[2H]CF.[K+]. The maximum absolute atomic E-state index is 11.5. The normalized spacial score (nSPS) is 15.0. The number of oxazole rings is 2. The van der Waals surface area contributed by atoms with Gasteiger partial charge in [-0.1, -0.05) is 19.1 Å². The first-order valence-electron chi connectivity index (χ1n) is 23.8. The number of hydrogen-bond donors (Lipinski definition) is 10. The second-order valence-corrected chi connectivity index (χ2v) is 26.9. The third kappa shape index (κ3) is 32.2. The van der Waals surface area contributed by atoms with Crippen LogP contribution in [0.1, 0.15) is 61.0 Å². The summed E-state index contributed by atoms with van der Waals surface area (Å²) in [5, 5.41) is 28.1. The Morgan fingerprint density at radius 3 is 1.56 bits per heavy atom. The number of carboxylic acids is 3. The standard InChI is InChI=1S/2C12H14N2O3S.C6H3ClN2O.C6H4N2OS.C5H6N2O.C5H11NO2S.C2H4S2.CH3F.Cl2OS.ClH.K/c2*1-12(2)9(11(16)17)14-8(18-12)6-7-4-3-5-13-10(7)15;7-6-9-4-2-1-3-8-5(4)10-6;10-6-8-4-2-1-3-7-5(4)9-6;6-4-2-1-3-7-5(4)8;1-5(2,9)3(6)4(7)8;1-2(3)4;1-2;1-4(2)3;;/h2*3-5,9H,6H2,1-2H3,(H,13,15)(H,16,17);1-3H;1-3H,(H,8,10);1-3H,6H2,(H,7,8);3,9H,6H2,1-2H3,(H,7,8);1H3,(H,3,4);1H3;;1H;/q;;;;;;;;;;+1/p-1/i;;;;;;;1D;;;. The van der Waals surface area contributed by atoms with Gasteiger partial charge in [-0.25, -0.2) is 23.8 Å². The number of rotatable bonds is 8. The molecule has 0 fully saturated rings. The molecule has 3 unspecified atom stereocenters. The van der Waals surface area contributed by atoms with Crippen molar-refractivity contribution < 1.29 is 99.9 Å². The maximum atomic E-state index is 11.5. The Hall–Kier alpha value is -3.94. The number of fused-ring (bicyclic) bond motifs is 2. The van der Waals surface area contributed by atoms with Crippen molar-refractivity contribution in [2.75, 3.05) is 12.9 Å². The molecular formula is C49H59Cl4FKN11O12S7. The summed E-state index contributed by atoms with van der Waals surface area (Å²) in [6.07, 6.45) is 8.73. The van der Waals surface area contributed by atoms with Crippen molar-refractivity contribution in [1.82, 2.24) is 34.9 Å².